The largest absolute Gasteiger partial charge is 0.390 e. The third kappa shape index (κ3) is 9.40. The summed E-state index contributed by atoms with van der Waals surface area (Å²) < 4.78 is 8.30. The van der Waals surface area contributed by atoms with Crippen LogP contribution in [0.3, 0.4) is 0 Å². The van der Waals surface area contributed by atoms with Gasteiger partial charge in [-0.05, 0) is 13.8 Å². The summed E-state index contributed by atoms with van der Waals surface area (Å²) in [5.41, 5.74) is 0. The first-order chi connectivity index (χ1) is 9.20. The van der Waals surface area contributed by atoms with Crippen LogP contribution in [0.25, 0.3) is 0 Å². The molecule has 8 nitrogen and oxygen atoms in total. The number of carbonyl (C=O) groups is 6. The molecule has 0 rings (SSSR count). The predicted octanol–water partition coefficient (Wildman–Crippen LogP) is -0.360. The Kier molecular flexibility index (Phi) is 7.34. The first-order valence-electron chi connectivity index (χ1n) is 5.37. The average Bonchev–Trinajstić information content (AvgIpc) is 2.23. The van der Waals surface area contributed by atoms with Crippen LogP contribution in [0, 0.1) is 0 Å². The van der Waals surface area contributed by atoms with Crippen molar-refractivity contribution in [3.63, 3.8) is 0 Å². The van der Waals surface area contributed by atoms with Gasteiger partial charge in [-0.15, -0.1) is 0 Å². The van der Waals surface area contributed by atoms with E-state index in [-0.39, 0.29) is 0 Å². The van der Waals surface area contributed by atoms with Crippen molar-refractivity contribution in [1.82, 2.24) is 0 Å². The normalized spacial score (nSPS) is 9.90. The fourth-order valence-corrected chi connectivity index (χ4v) is 0.907. The van der Waals surface area contributed by atoms with Crippen LogP contribution in [0.15, 0.2) is 12.2 Å². The van der Waals surface area contributed by atoms with Crippen molar-refractivity contribution < 1.29 is 38.2 Å². The molecule has 8 heteroatoms. The summed E-state index contributed by atoms with van der Waals surface area (Å²) in [7, 11) is 0. The maximum absolute atomic E-state index is 11.0. The Morgan fingerprint density at radius 3 is 1.25 bits per heavy atom. The lowest BCUT2D eigenvalue weighted by molar-refractivity contribution is -0.159. The monoisotopic (exact) mass is 284 g/mol. The van der Waals surface area contributed by atoms with E-state index in [0.717, 1.165) is 13.8 Å². The number of esters is 4. The van der Waals surface area contributed by atoms with E-state index in [9.17, 15) is 28.8 Å². The Bertz CT molecular complexity index is 442. The lowest BCUT2D eigenvalue weighted by Crippen LogP contribution is -2.15. The molecule has 0 saturated heterocycles. The minimum atomic E-state index is -1.19. The highest BCUT2D eigenvalue weighted by Crippen LogP contribution is 1.93. The number of Topliss-reactive ketones (excluding diaryl/α,β-unsaturated/α-hetero) is 2. The van der Waals surface area contributed by atoms with E-state index < -0.39 is 48.3 Å². The molecular formula is C12H12O8. The zero-order valence-corrected chi connectivity index (χ0v) is 10.8. The van der Waals surface area contributed by atoms with Crippen molar-refractivity contribution in [3.8, 4) is 0 Å². The van der Waals surface area contributed by atoms with Gasteiger partial charge in [-0.2, -0.15) is 0 Å². The van der Waals surface area contributed by atoms with E-state index in [1.165, 1.54) is 0 Å². The average molecular weight is 284 g/mol. The molecule has 0 radical (unpaired) electrons. The molecule has 0 aromatic rings. The highest BCUT2D eigenvalue weighted by molar-refractivity contribution is 6.04. The molecule has 0 amide bonds. The Labute approximate surface area is 113 Å². The fraction of sp³-hybridized carbons (Fsp3) is 0.333. The quantitative estimate of drug-likeness (QED) is 0.368. The first-order valence-corrected chi connectivity index (χ1v) is 5.37. The molecule has 20 heavy (non-hydrogen) atoms. The van der Waals surface area contributed by atoms with Gasteiger partial charge in [0.25, 0.3) is 0 Å². The molecule has 0 spiro atoms. The van der Waals surface area contributed by atoms with Gasteiger partial charge in [0.2, 0.25) is 0 Å². The molecule has 0 atom stereocenters. The van der Waals surface area contributed by atoms with Gasteiger partial charge in [-0.3, -0.25) is 19.2 Å². The van der Waals surface area contributed by atoms with E-state index in [0.29, 0.717) is 12.2 Å². The number of hydrogen-bond acceptors (Lipinski definition) is 8. The van der Waals surface area contributed by atoms with Crippen molar-refractivity contribution in [2.45, 2.75) is 26.7 Å². The van der Waals surface area contributed by atoms with Crippen molar-refractivity contribution >= 4 is 35.4 Å². The van der Waals surface area contributed by atoms with Gasteiger partial charge in [0.15, 0.2) is 0 Å². The minimum Gasteiger partial charge on any atom is -0.390 e. The summed E-state index contributed by atoms with van der Waals surface area (Å²) in [6.45, 7) is 2.28. The maximum atomic E-state index is 11.0. The van der Waals surface area contributed by atoms with E-state index in [1.54, 1.807) is 0 Å². The zero-order chi connectivity index (χ0) is 15.7. The molecular weight excluding hydrogens is 272 g/mol. The highest BCUT2D eigenvalue weighted by Gasteiger charge is 2.12. The molecule has 0 saturated carbocycles. The smallest absolute Gasteiger partial charge is 0.338 e. The van der Waals surface area contributed by atoms with Crippen LogP contribution >= 0.6 is 0 Å². The lowest BCUT2D eigenvalue weighted by Gasteiger charge is -1.98. The molecule has 0 aliphatic rings. The van der Waals surface area contributed by atoms with E-state index in [1.807, 2.05) is 0 Å². The molecule has 108 valence electrons. The molecule has 0 heterocycles. The lowest BCUT2D eigenvalue weighted by atomic mass is 10.3. The van der Waals surface area contributed by atoms with Gasteiger partial charge in [0, 0.05) is 12.2 Å². The molecule has 0 aromatic heterocycles. The molecule has 0 unspecified atom stereocenters. The molecule has 0 aromatic carbocycles. The summed E-state index contributed by atoms with van der Waals surface area (Å²) in [6, 6.07) is 0. The van der Waals surface area contributed by atoms with Crippen molar-refractivity contribution in [2.24, 2.45) is 0 Å². The second-order valence-corrected chi connectivity index (χ2v) is 3.68. The summed E-state index contributed by atoms with van der Waals surface area (Å²) in [4.78, 5) is 64.9. The van der Waals surface area contributed by atoms with Gasteiger partial charge in [-0.25, -0.2) is 9.59 Å². The minimum absolute atomic E-state index is 0.485. The third-order valence-electron chi connectivity index (χ3n) is 1.57. The SMILES string of the molecule is CC(=O)CC(=O)OC(=O)/C=C\C(=O)OC(=O)CC(C)=O. The number of rotatable bonds is 6. The van der Waals surface area contributed by atoms with Crippen LogP contribution in [0.1, 0.15) is 26.7 Å². The molecule has 0 aliphatic carbocycles. The van der Waals surface area contributed by atoms with Crippen LogP contribution < -0.4 is 0 Å². The predicted molar refractivity (Wildman–Crippen MR) is 61.9 cm³/mol. The topological polar surface area (TPSA) is 121 Å². The van der Waals surface area contributed by atoms with Gasteiger partial charge in [-0.1, -0.05) is 0 Å². The van der Waals surface area contributed by atoms with Crippen molar-refractivity contribution in [2.75, 3.05) is 0 Å². The van der Waals surface area contributed by atoms with E-state index in [2.05, 4.69) is 9.47 Å². The summed E-state index contributed by atoms with van der Waals surface area (Å²) in [6.07, 6.45) is -0.0227. The Balaban J connectivity index is 4.21. The third-order valence-corrected chi connectivity index (χ3v) is 1.57. The van der Waals surface area contributed by atoms with Crippen LogP contribution in [-0.4, -0.2) is 35.4 Å². The Hall–Kier alpha value is -2.64. The van der Waals surface area contributed by atoms with Crippen LogP contribution in [0.2, 0.25) is 0 Å². The molecule has 0 aliphatic heterocycles. The van der Waals surface area contributed by atoms with Gasteiger partial charge >= 0.3 is 23.9 Å². The summed E-state index contributed by atoms with van der Waals surface area (Å²) >= 11 is 0. The van der Waals surface area contributed by atoms with Gasteiger partial charge in [0.1, 0.15) is 24.4 Å². The number of hydrogen-bond donors (Lipinski definition) is 0. The van der Waals surface area contributed by atoms with Crippen LogP contribution in [0.4, 0.5) is 0 Å². The Morgan fingerprint density at radius 2 is 1.00 bits per heavy atom. The van der Waals surface area contributed by atoms with E-state index >= 15 is 0 Å². The van der Waals surface area contributed by atoms with Gasteiger partial charge < -0.3 is 9.47 Å². The van der Waals surface area contributed by atoms with Crippen molar-refractivity contribution in [1.29, 1.82) is 0 Å². The number of ketones is 2. The fourth-order valence-electron chi connectivity index (χ4n) is 0.907. The summed E-state index contributed by atoms with van der Waals surface area (Å²) in [5, 5.41) is 0. The molecule has 0 N–H and O–H groups in total. The molecule has 0 fully saturated rings. The van der Waals surface area contributed by atoms with E-state index in [4.69, 9.17) is 0 Å². The summed E-state index contributed by atoms with van der Waals surface area (Å²) in [5.74, 6) is -5.47. The second-order valence-electron chi connectivity index (χ2n) is 3.68. The second kappa shape index (κ2) is 8.46. The van der Waals surface area contributed by atoms with Crippen LogP contribution in [-0.2, 0) is 38.2 Å². The first kappa shape index (κ1) is 17.4. The maximum Gasteiger partial charge on any atom is 0.338 e. The van der Waals surface area contributed by atoms with Crippen molar-refractivity contribution in [3.05, 3.63) is 12.2 Å². The van der Waals surface area contributed by atoms with Gasteiger partial charge in [0.05, 0.1) is 0 Å². The molecule has 0 bridgehead atoms. The standard InChI is InChI=1S/C12H12O8/c1-7(13)5-11(17)19-9(15)3-4-10(16)20-12(18)6-8(2)14/h3-4H,5-6H2,1-2H3/b4-3-. The number of carbonyl (C=O) groups excluding carboxylic acids is 6. The Morgan fingerprint density at radius 1 is 0.700 bits per heavy atom. The zero-order valence-electron chi connectivity index (χ0n) is 10.8. The number of ether oxygens (including phenoxy) is 2. The highest BCUT2D eigenvalue weighted by atomic mass is 16.6. The van der Waals surface area contributed by atoms with Crippen LogP contribution in [0.5, 0.6) is 0 Å².